The van der Waals surface area contributed by atoms with E-state index in [0.29, 0.717) is 19.8 Å². The molecule has 26 heavy (non-hydrogen) atoms. The molecule has 2 aromatic rings. The molecule has 1 N–H and O–H groups in total. The zero-order valence-corrected chi connectivity index (χ0v) is 15.2. The molecule has 0 saturated carbocycles. The maximum absolute atomic E-state index is 10.8. The average molecular weight is 358 g/mol. The summed E-state index contributed by atoms with van der Waals surface area (Å²) in [4.78, 5) is 0. The van der Waals surface area contributed by atoms with Crippen LogP contribution in [0.4, 0.5) is 0 Å². The minimum atomic E-state index is -1.26. The van der Waals surface area contributed by atoms with Gasteiger partial charge in [0.1, 0.15) is 17.8 Å². The lowest BCUT2D eigenvalue weighted by Crippen LogP contribution is -2.48. The first-order valence-corrected chi connectivity index (χ1v) is 8.79. The Morgan fingerprint density at radius 1 is 0.962 bits per heavy atom. The molecule has 3 rings (SSSR count). The van der Waals surface area contributed by atoms with Crippen LogP contribution in [0.2, 0.25) is 0 Å². The number of hydrogen-bond donors (Lipinski definition) is 1. The number of methoxy groups -OCH3 is 1. The second kappa shape index (κ2) is 8.75. The fourth-order valence-electron chi connectivity index (χ4n) is 3.20. The number of rotatable bonds is 8. The van der Waals surface area contributed by atoms with Gasteiger partial charge in [0.15, 0.2) is 6.29 Å². The monoisotopic (exact) mass is 358 g/mol. The molecule has 0 spiro atoms. The van der Waals surface area contributed by atoms with Gasteiger partial charge in [-0.05, 0) is 18.1 Å². The molecule has 1 saturated heterocycles. The van der Waals surface area contributed by atoms with Crippen LogP contribution in [0.15, 0.2) is 60.7 Å². The van der Waals surface area contributed by atoms with E-state index >= 15 is 0 Å². The Hall–Kier alpha value is -1.76. The Labute approximate surface area is 154 Å². The van der Waals surface area contributed by atoms with Crippen LogP contribution >= 0.6 is 0 Å². The molecule has 1 fully saturated rings. The summed E-state index contributed by atoms with van der Waals surface area (Å²) in [7, 11) is 1.51. The number of hydrogen-bond acceptors (Lipinski definition) is 5. The zero-order valence-electron chi connectivity index (χ0n) is 15.2. The molecule has 1 aliphatic heterocycles. The Kier molecular flexibility index (Phi) is 6.40. The van der Waals surface area contributed by atoms with E-state index in [2.05, 4.69) is 0 Å². The van der Waals surface area contributed by atoms with Gasteiger partial charge in [0.25, 0.3) is 0 Å². The van der Waals surface area contributed by atoms with Gasteiger partial charge in [-0.25, -0.2) is 0 Å². The first-order chi connectivity index (χ1) is 12.6. The molecule has 0 amide bonds. The number of aliphatic hydroxyl groups is 1. The van der Waals surface area contributed by atoms with E-state index in [9.17, 15) is 5.11 Å². The summed E-state index contributed by atoms with van der Waals surface area (Å²) in [5.41, 5.74) is 0.861. The highest BCUT2D eigenvalue weighted by atomic mass is 16.7. The van der Waals surface area contributed by atoms with Crippen LogP contribution in [0.3, 0.4) is 0 Å². The standard InChI is InChI=1S/C21H26O5/c1-21(22)19(25-14-17-11-7-4-8-12-17)18(26-20(21)23-2)15-24-13-16-9-5-3-6-10-16/h3-12,18-20,22H,13-15H2,1-2H3/t18?,19?,20?,21-/m1/s1. The summed E-state index contributed by atoms with van der Waals surface area (Å²) < 4.78 is 23.0. The molecular formula is C21H26O5. The minimum absolute atomic E-state index is 0.310. The topological polar surface area (TPSA) is 57.2 Å². The summed E-state index contributed by atoms with van der Waals surface area (Å²) in [6, 6.07) is 19.8. The second-order valence-electron chi connectivity index (χ2n) is 6.69. The lowest BCUT2D eigenvalue weighted by molar-refractivity contribution is -0.190. The third kappa shape index (κ3) is 4.50. The fraction of sp³-hybridized carbons (Fsp3) is 0.429. The van der Waals surface area contributed by atoms with Crippen LogP contribution in [0.25, 0.3) is 0 Å². The summed E-state index contributed by atoms with van der Waals surface area (Å²) in [5.74, 6) is 0. The number of ether oxygens (including phenoxy) is 4. The van der Waals surface area contributed by atoms with Crippen molar-refractivity contribution in [2.45, 2.75) is 44.2 Å². The Morgan fingerprint density at radius 2 is 1.54 bits per heavy atom. The van der Waals surface area contributed by atoms with Crippen molar-refractivity contribution in [3.63, 3.8) is 0 Å². The average Bonchev–Trinajstić information content (AvgIpc) is 2.91. The molecule has 4 atom stereocenters. The smallest absolute Gasteiger partial charge is 0.188 e. The normalized spacial score (nSPS) is 28.3. The predicted molar refractivity (Wildman–Crippen MR) is 97.4 cm³/mol. The Morgan fingerprint density at radius 3 is 2.12 bits per heavy atom. The van der Waals surface area contributed by atoms with Gasteiger partial charge in [0, 0.05) is 7.11 Å². The quantitative estimate of drug-likeness (QED) is 0.786. The molecule has 0 aliphatic carbocycles. The lowest BCUT2D eigenvalue weighted by atomic mass is 9.97. The Balaban J connectivity index is 1.61. The largest absolute Gasteiger partial charge is 0.382 e. The van der Waals surface area contributed by atoms with Crippen LogP contribution in [0, 0.1) is 0 Å². The second-order valence-corrected chi connectivity index (χ2v) is 6.69. The molecule has 3 unspecified atom stereocenters. The van der Waals surface area contributed by atoms with Gasteiger partial charge in [0.2, 0.25) is 0 Å². The van der Waals surface area contributed by atoms with Crippen molar-refractivity contribution >= 4 is 0 Å². The summed E-state index contributed by atoms with van der Waals surface area (Å²) in [6.45, 7) is 2.85. The van der Waals surface area contributed by atoms with Crippen molar-refractivity contribution < 1.29 is 24.1 Å². The van der Waals surface area contributed by atoms with Gasteiger partial charge in [0.05, 0.1) is 19.8 Å². The highest BCUT2D eigenvalue weighted by molar-refractivity contribution is 5.14. The highest BCUT2D eigenvalue weighted by Crippen LogP contribution is 2.34. The fourth-order valence-corrected chi connectivity index (χ4v) is 3.20. The van der Waals surface area contributed by atoms with E-state index < -0.39 is 24.1 Å². The third-order valence-corrected chi connectivity index (χ3v) is 4.57. The summed E-state index contributed by atoms with van der Waals surface area (Å²) in [5, 5.41) is 10.8. The van der Waals surface area contributed by atoms with Crippen LogP contribution in [0.5, 0.6) is 0 Å². The molecule has 5 nitrogen and oxygen atoms in total. The SMILES string of the molecule is COC1OC(COCc2ccccc2)C(OCc2ccccc2)[C@@]1(C)O. The third-order valence-electron chi connectivity index (χ3n) is 4.57. The maximum atomic E-state index is 10.8. The Bertz CT molecular complexity index is 659. The minimum Gasteiger partial charge on any atom is -0.382 e. The van der Waals surface area contributed by atoms with E-state index in [4.69, 9.17) is 18.9 Å². The van der Waals surface area contributed by atoms with E-state index in [1.54, 1.807) is 6.92 Å². The van der Waals surface area contributed by atoms with Crippen LogP contribution in [0.1, 0.15) is 18.1 Å². The van der Waals surface area contributed by atoms with Crippen molar-refractivity contribution in [3.8, 4) is 0 Å². The number of benzene rings is 2. The highest BCUT2D eigenvalue weighted by Gasteiger charge is 2.54. The molecule has 0 radical (unpaired) electrons. The van der Waals surface area contributed by atoms with Crippen molar-refractivity contribution in [1.29, 1.82) is 0 Å². The van der Waals surface area contributed by atoms with Gasteiger partial charge < -0.3 is 24.1 Å². The van der Waals surface area contributed by atoms with Crippen molar-refractivity contribution in [2.75, 3.05) is 13.7 Å². The van der Waals surface area contributed by atoms with Crippen molar-refractivity contribution in [3.05, 3.63) is 71.8 Å². The summed E-state index contributed by atoms with van der Waals surface area (Å²) in [6.07, 6.45) is -1.72. The van der Waals surface area contributed by atoms with E-state index in [1.807, 2.05) is 60.7 Å². The molecule has 0 aromatic heterocycles. The van der Waals surface area contributed by atoms with Gasteiger partial charge in [-0.15, -0.1) is 0 Å². The first kappa shape index (κ1) is 19.0. The summed E-state index contributed by atoms with van der Waals surface area (Å²) >= 11 is 0. The maximum Gasteiger partial charge on any atom is 0.188 e. The molecule has 5 heteroatoms. The van der Waals surface area contributed by atoms with Crippen LogP contribution in [-0.2, 0) is 32.2 Å². The molecule has 1 heterocycles. The first-order valence-electron chi connectivity index (χ1n) is 8.79. The van der Waals surface area contributed by atoms with Gasteiger partial charge >= 0.3 is 0 Å². The van der Waals surface area contributed by atoms with E-state index in [-0.39, 0.29) is 0 Å². The molecule has 2 aromatic carbocycles. The predicted octanol–water partition coefficient (Wildman–Crippen LogP) is 2.91. The molecule has 140 valence electrons. The van der Waals surface area contributed by atoms with Gasteiger partial charge in [-0.1, -0.05) is 60.7 Å². The van der Waals surface area contributed by atoms with Gasteiger partial charge in [-0.2, -0.15) is 0 Å². The molecule has 1 aliphatic rings. The molecule has 0 bridgehead atoms. The lowest BCUT2D eigenvalue weighted by Gasteiger charge is -2.29. The van der Waals surface area contributed by atoms with Crippen LogP contribution in [-0.4, -0.2) is 42.9 Å². The zero-order chi connectivity index (χ0) is 18.4. The molecular weight excluding hydrogens is 332 g/mol. The van der Waals surface area contributed by atoms with Crippen LogP contribution < -0.4 is 0 Å². The van der Waals surface area contributed by atoms with Crippen molar-refractivity contribution in [1.82, 2.24) is 0 Å². The van der Waals surface area contributed by atoms with Gasteiger partial charge in [-0.3, -0.25) is 0 Å². The van der Waals surface area contributed by atoms with E-state index in [1.165, 1.54) is 7.11 Å². The van der Waals surface area contributed by atoms with Crippen molar-refractivity contribution in [2.24, 2.45) is 0 Å². The van der Waals surface area contributed by atoms with E-state index in [0.717, 1.165) is 11.1 Å².